The number of phenols is 1. The Bertz CT molecular complexity index is 760. The third kappa shape index (κ3) is 4.27. The van der Waals surface area contributed by atoms with E-state index in [9.17, 15) is 9.90 Å². The Hall–Kier alpha value is -2.62. The second-order valence-electron chi connectivity index (χ2n) is 6.61. The average molecular weight is 336 g/mol. The normalized spacial score (nSPS) is 15.8. The Kier molecular flexibility index (Phi) is 5.49. The third-order valence-corrected chi connectivity index (χ3v) is 4.88. The molecule has 2 aromatic rings. The molecule has 4 nitrogen and oxygen atoms in total. The first-order chi connectivity index (χ1) is 12.1. The topological polar surface area (TPSA) is 61.7 Å². The molecule has 0 radical (unpaired) electrons. The van der Waals surface area contributed by atoms with E-state index in [1.165, 1.54) is 43.7 Å². The van der Waals surface area contributed by atoms with Gasteiger partial charge in [-0.25, -0.2) is 5.43 Å². The molecule has 1 aliphatic carbocycles. The predicted octanol–water partition coefficient (Wildman–Crippen LogP) is 4.59. The summed E-state index contributed by atoms with van der Waals surface area (Å²) in [7, 11) is 0. The number of hydrogen-bond donors (Lipinski definition) is 2. The molecule has 2 N–H and O–H groups in total. The van der Waals surface area contributed by atoms with Crippen LogP contribution in [0.3, 0.4) is 0 Å². The van der Waals surface area contributed by atoms with Gasteiger partial charge in [-0.3, -0.25) is 4.79 Å². The van der Waals surface area contributed by atoms with E-state index in [1.54, 1.807) is 18.2 Å². The van der Waals surface area contributed by atoms with E-state index in [4.69, 9.17) is 0 Å². The van der Waals surface area contributed by atoms with Crippen molar-refractivity contribution in [2.75, 3.05) is 0 Å². The Morgan fingerprint density at radius 3 is 2.40 bits per heavy atom. The van der Waals surface area contributed by atoms with Gasteiger partial charge in [-0.1, -0.05) is 55.7 Å². The molecule has 25 heavy (non-hydrogen) atoms. The van der Waals surface area contributed by atoms with E-state index < -0.39 is 5.91 Å². The lowest BCUT2D eigenvalue weighted by Crippen LogP contribution is -2.19. The summed E-state index contributed by atoms with van der Waals surface area (Å²) < 4.78 is 0. The van der Waals surface area contributed by atoms with Gasteiger partial charge in [0.15, 0.2) is 0 Å². The molecular weight excluding hydrogens is 312 g/mol. The molecule has 2 aromatic carbocycles. The highest BCUT2D eigenvalue weighted by molar-refractivity contribution is 6.01. The van der Waals surface area contributed by atoms with Gasteiger partial charge < -0.3 is 5.11 Å². The molecule has 130 valence electrons. The largest absolute Gasteiger partial charge is 0.507 e. The van der Waals surface area contributed by atoms with Crippen molar-refractivity contribution in [1.82, 2.24) is 5.43 Å². The quantitative estimate of drug-likeness (QED) is 0.633. The predicted molar refractivity (Wildman–Crippen MR) is 100 cm³/mol. The maximum Gasteiger partial charge on any atom is 0.275 e. The first-order valence-corrected chi connectivity index (χ1v) is 8.88. The molecule has 3 rings (SSSR count). The number of phenolic OH excluding ortho intramolecular Hbond substituents is 1. The van der Waals surface area contributed by atoms with Gasteiger partial charge in [0.05, 0.1) is 11.3 Å². The molecule has 0 bridgehead atoms. The molecule has 1 saturated carbocycles. The zero-order valence-corrected chi connectivity index (χ0v) is 14.5. The van der Waals surface area contributed by atoms with Crippen LogP contribution in [0.4, 0.5) is 0 Å². The minimum absolute atomic E-state index is 0.0512. The molecule has 0 aromatic heterocycles. The minimum Gasteiger partial charge on any atom is -0.507 e. The second-order valence-corrected chi connectivity index (χ2v) is 6.61. The van der Waals surface area contributed by atoms with Crippen LogP contribution in [0, 0.1) is 0 Å². The summed E-state index contributed by atoms with van der Waals surface area (Å²) in [6.45, 7) is 1.86. The molecule has 0 aliphatic heterocycles. The van der Waals surface area contributed by atoms with Crippen molar-refractivity contribution in [2.45, 2.75) is 44.9 Å². The summed E-state index contributed by atoms with van der Waals surface area (Å²) in [6.07, 6.45) is 6.57. The number of rotatable bonds is 4. The maximum absolute atomic E-state index is 12.1. The van der Waals surface area contributed by atoms with Crippen LogP contribution >= 0.6 is 0 Å². The Labute approximate surface area is 148 Å². The van der Waals surface area contributed by atoms with Gasteiger partial charge >= 0.3 is 0 Å². The van der Waals surface area contributed by atoms with Crippen molar-refractivity contribution < 1.29 is 9.90 Å². The average Bonchev–Trinajstić information content (AvgIpc) is 2.67. The van der Waals surface area contributed by atoms with Crippen LogP contribution in [-0.2, 0) is 0 Å². The van der Waals surface area contributed by atoms with Crippen molar-refractivity contribution in [2.24, 2.45) is 5.10 Å². The number of hydrogen-bond acceptors (Lipinski definition) is 3. The van der Waals surface area contributed by atoms with Gasteiger partial charge in [0, 0.05) is 0 Å². The number of benzene rings is 2. The van der Waals surface area contributed by atoms with Gasteiger partial charge in [0.1, 0.15) is 5.75 Å². The second kappa shape index (κ2) is 7.97. The van der Waals surface area contributed by atoms with E-state index in [1.807, 2.05) is 6.92 Å². The molecule has 4 heteroatoms. The summed E-state index contributed by atoms with van der Waals surface area (Å²) in [5.41, 5.74) is 5.84. The van der Waals surface area contributed by atoms with Gasteiger partial charge in [0.2, 0.25) is 0 Å². The summed E-state index contributed by atoms with van der Waals surface area (Å²) in [6, 6.07) is 14.9. The minimum atomic E-state index is -0.420. The highest BCUT2D eigenvalue weighted by Gasteiger charge is 2.15. The Morgan fingerprint density at radius 2 is 1.72 bits per heavy atom. The van der Waals surface area contributed by atoms with Crippen LogP contribution in [0.15, 0.2) is 53.6 Å². The number of para-hydroxylation sites is 1. The maximum atomic E-state index is 12.1. The number of hydrazone groups is 1. The van der Waals surface area contributed by atoms with Gasteiger partial charge in [0.25, 0.3) is 5.91 Å². The van der Waals surface area contributed by atoms with Crippen LogP contribution in [-0.4, -0.2) is 16.7 Å². The van der Waals surface area contributed by atoms with Crippen LogP contribution in [0.2, 0.25) is 0 Å². The number of nitrogens with zero attached hydrogens (tertiary/aromatic N) is 1. The van der Waals surface area contributed by atoms with Crippen molar-refractivity contribution in [3.63, 3.8) is 0 Å². The molecule has 0 spiro atoms. The number of amides is 1. The molecule has 0 heterocycles. The summed E-state index contributed by atoms with van der Waals surface area (Å²) in [5.74, 6) is 0.210. The highest BCUT2D eigenvalue weighted by atomic mass is 16.3. The van der Waals surface area contributed by atoms with Crippen molar-refractivity contribution in [3.05, 3.63) is 65.2 Å². The standard InChI is InChI=1S/C21H24N2O2/c1-15(22-23-21(25)19-9-5-6-10-20(19)24)16-11-13-18(14-12-16)17-7-3-2-4-8-17/h5-6,9-14,17,24H,2-4,7-8H2,1H3,(H,23,25). The summed E-state index contributed by atoms with van der Waals surface area (Å²) in [5, 5.41) is 13.9. The summed E-state index contributed by atoms with van der Waals surface area (Å²) >= 11 is 0. The van der Waals surface area contributed by atoms with E-state index in [2.05, 4.69) is 34.8 Å². The fourth-order valence-corrected chi connectivity index (χ4v) is 3.36. The first-order valence-electron chi connectivity index (χ1n) is 8.88. The molecule has 0 saturated heterocycles. The lowest BCUT2D eigenvalue weighted by atomic mass is 9.84. The van der Waals surface area contributed by atoms with E-state index in [0.29, 0.717) is 5.92 Å². The van der Waals surface area contributed by atoms with Gasteiger partial charge in [-0.05, 0) is 48.9 Å². The number of carbonyl (C=O) groups is 1. The zero-order chi connectivity index (χ0) is 17.6. The number of carbonyl (C=O) groups excluding carboxylic acids is 1. The molecular formula is C21H24N2O2. The zero-order valence-electron chi connectivity index (χ0n) is 14.5. The van der Waals surface area contributed by atoms with Crippen molar-refractivity contribution >= 4 is 11.6 Å². The van der Waals surface area contributed by atoms with E-state index >= 15 is 0 Å². The molecule has 1 amide bonds. The van der Waals surface area contributed by atoms with E-state index in [0.717, 1.165) is 11.3 Å². The molecule has 1 fully saturated rings. The monoisotopic (exact) mass is 336 g/mol. The fourth-order valence-electron chi connectivity index (χ4n) is 3.36. The Balaban J connectivity index is 1.66. The summed E-state index contributed by atoms with van der Waals surface area (Å²) in [4.78, 5) is 12.1. The Morgan fingerprint density at radius 1 is 1.04 bits per heavy atom. The van der Waals surface area contributed by atoms with Gasteiger partial charge in [-0.15, -0.1) is 0 Å². The third-order valence-electron chi connectivity index (χ3n) is 4.88. The molecule has 1 aliphatic rings. The van der Waals surface area contributed by atoms with Crippen molar-refractivity contribution in [1.29, 1.82) is 0 Å². The first kappa shape index (κ1) is 17.2. The highest BCUT2D eigenvalue weighted by Crippen LogP contribution is 2.32. The van der Waals surface area contributed by atoms with Gasteiger partial charge in [-0.2, -0.15) is 5.10 Å². The lowest BCUT2D eigenvalue weighted by molar-refractivity contribution is 0.0952. The smallest absolute Gasteiger partial charge is 0.275 e. The van der Waals surface area contributed by atoms with Crippen LogP contribution in [0.1, 0.15) is 66.4 Å². The van der Waals surface area contributed by atoms with Crippen LogP contribution < -0.4 is 5.43 Å². The number of aromatic hydroxyl groups is 1. The van der Waals surface area contributed by atoms with Crippen molar-refractivity contribution in [3.8, 4) is 5.75 Å². The fraction of sp³-hybridized carbons (Fsp3) is 0.333. The lowest BCUT2D eigenvalue weighted by Gasteiger charge is -2.22. The molecule has 0 unspecified atom stereocenters. The SMILES string of the molecule is CC(=NNC(=O)c1ccccc1O)c1ccc(C2CCCCC2)cc1. The number of nitrogens with one attached hydrogen (secondary N) is 1. The van der Waals surface area contributed by atoms with Crippen LogP contribution in [0.5, 0.6) is 5.75 Å². The van der Waals surface area contributed by atoms with E-state index in [-0.39, 0.29) is 11.3 Å². The molecule has 0 atom stereocenters. The van der Waals surface area contributed by atoms with Crippen LogP contribution in [0.25, 0.3) is 0 Å².